The van der Waals surface area contributed by atoms with E-state index >= 15 is 0 Å². The summed E-state index contributed by atoms with van der Waals surface area (Å²) in [7, 11) is 0. The number of piperidine rings is 2. The van der Waals surface area contributed by atoms with E-state index < -0.39 is 17.7 Å². The molecule has 1 unspecified atom stereocenters. The second-order valence-corrected chi connectivity index (χ2v) is 14.6. The van der Waals surface area contributed by atoms with Crippen LogP contribution < -0.4 is 14.5 Å². The highest BCUT2D eigenvalue weighted by atomic mass is 19.1. The van der Waals surface area contributed by atoms with Crippen molar-refractivity contribution in [3.63, 3.8) is 0 Å². The Morgan fingerprint density at radius 3 is 2.17 bits per heavy atom. The van der Waals surface area contributed by atoms with Gasteiger partial charge in [0.15, 0.2) is 6.10 Å². The molecule has 2 fully saturated rings. The van der Waals surface area contributed by atoms with Crippen LogP contribution in [-0.4, -0.2) is 54.4 Å². The molecule has 0 saturated carbocycles. The van der Waals surface area contributed by atoms with Crippen molar-refractivity contribution in [2.75, 3.05) is 42.6 Å². The number of carboxylic acids is 1. The largest absolute Gasteiger partial charge is 0.493 e. The first kappa shape index (κ1) is 33.7. The van der Waals surface area contributed by atoms with Gasteiger partial charge in [-0.2, -0.15) is 0 Å². The normalized spacial score (nSPS) is 17.5. The summed E-state index contributed by atoms with van der Waals surface area (Å²) < 4.78 is 25.7. The molecule has 3 heterocycles. The maximum absolute atomic E-state index is 13.3. The van der Waals surface area contributed by atoms with Crippen LogP contribution in [0.2, 0.25) is 0 Å². The van der Waals surface area contributed by atoms with Gasteiger partial charge in [-0.3, -0.25) is 0 Å². The van der Waals surface area contributed by atoms with Crippen LogP contribution >= 0.6 is 0 Å². The summed E-state index contributed by atoms with van der Waals surface area (Å²) in [5.74, 6) is 0.391. The first-order valence-electron chi connectivity index (χ1n) is 16.7. The number of ether oxygens (including phenoxy) is 2. The number of halogens is 1. The van der Waals surface area contributed by atoms with Gasteiger partial charge in [-0.15, -0.1) is 0 Å². The number of carboxylic acid groups (broad SMARTS) is 1. The topological polar surface area (TPSA) is 75.1 Å². The smallest absolute Gasteiger partial charge is 0.337 e. The minimum absolute atomic E-state index is 0.218. The molecule has 3 aromatic rings. The summed E-state index contributed by atoms with van der Waals surface area (Å²) in [6, 6.07) is 14.6. The second-order valence-electron chi connectivity index (χ2n) is 14.6. The molecule has 0 bridgehead atoms. The van der Waals surface area contributed by atoms with Crippen molar-refractivity contribution in [3.8, 4) is 16.9 Å². The first-order chi connectivity index (χ1) is 21.8. The monoisotopic (exact) mass is 631 g/mol. The second kappa shape index (κ2) is 14.0. The number of aliphatic carboxylic acids is 1. The van der Waals surface area contributed by atoms with E-state index in [1.165, 1.54) is 18.6 Å². The van der Waals surface area contributed by atoms with Gasteiger partial charge in [0.2, 0.25) is 0 Å². The Balaban J connectivity index is 1.60. The molecule has 2 saturated heterocycles. The summed E-state index contributed by atoms with van der Waals surface area (Å²) in [6.45, 7) is 16.2. The minimum atomic E-state index is -1.17. The molecular formula is C38H50FN3O4. The van der Waals surface area contributed by atoms with E-state index in [0.29, 0.717) is 24.3 Å². The maximum atomic E-state index is 13.3. The number of rotatable bonds is 10. The highest BCUT2D eigenvalue weighted by Gasteiger charge is 2.37. The number of benzene rings is 2. The Morgan fingerprint density at radius 2 is 1.59 bits per heavy atom. The minimum Gasteiger partial charge on any atom is -0.493 e. The van der Waals surface area contributed by atoms with Crippen molar-refractivity contribution in [2.24, 2.45) is 5.41 Å². The number of pyridine rings is 1. The number of hydrogen-bond donors (Lipinski definition) is 1. The third-order valence-corrected chi connectivity index (χ3v) is 9.14. The van der Waals surface area contributed by atoms with Gasteiger partial charge in [0.25, 0.3) is 0 Å². The van der Waals surface area contributed by atoms with Crippen LogP contribution in [0.4, 0.5) is 15.9 Å². The fourth-order valence-corrected chi connectivity index (χ4v) is 6.51. The average Bonchev–Trinajstić information content (AvgIpc) is 3.01. The van der Waals surface area contributed by atoms with E-state index in [9.17, 15) is 14.3 Å². The van der Waals surface area contributed by atoms with Crippen LogP contribution in [0.3, 0.4) is 0 Å². The zero-order valence-electron chi connectivity index (χ0n) is 28.4. The number of aromatic nitrogens is 1. The SMILES string of the molecule is Cc1nc(N2CCCCC2)c(-c2ccc(OCCc3ccc(F)cc3)cc2)c(N2CCC(C)(C)CC2)c1C(OC(C)(C)C)C(=O)O. The van der Waals surface area contributed by atoms with Crippen molar-refractivity contribution in [3.05, 3.63) is 71.2 Å². The summed E-state index contributed by atoms with van der Waals surface area (Å²) in [6.07, 6.45) is 4.91. The van der Waals surface area contributed by atoms with E-state index in [0.717, 1.165) is 85.8 Å². The van der Waals surface area contributed by atoms with Gasteiger partial charge in [0, 0.05) is 49.4 Å². The molecule has 2 aliphatic heterocycles. The lowest BCUT2D eigenvalue weighted by molar-refractivity contribution is -0.160. The molecular weight excluding hydrogens is 581 g/mol. The molecule has 1 atom stereocenters. The van der Waals surface area contributed by atoms with Crippen LogP contribution in [0.1, 0.15) is 89.6 Å². The summed E-state index contributed by atoms with van der Waals surface area (Å²) >= 11 is 0. The molecule has 46 heavy (non-hydrogen) atoms. The van der Waals surface area contributed by atoms with E-state index in [1.54, 1.807) is 12.1 Å². The van der Waals surface area contributed by atoms with Gasteiger partial charge in [-0.1, -0.05) is 38.1 Å². The van der Waals surface area contributed by atoms with Crippen molar-refractivity contribution in [1.29, 1.82) is 0 Å². The molecule has 7 nitrogen and oxygen atoms in total. The lowest BCUT2D eigenvalue weighted by Crippen LogP contribution is -2.40. The Labute approximate surface area is 273 Å². The van der Waals surface area contributed by atoms with Crippen LogP contribution in [0.5, 0.6) is 5.75 Å². The number of nitrogens with zero attached hydrogens (tertiary/aromatic N) is 3. The van der Waals surface area contributed by atoms with E-state index in [-0.39, 0.29) is 11.2 Å². The van der Waals surface area contributed by atoms with E-state index in [4.69, 9.17) is 14.5 Å². The predicted octanol–water partition coefficient (Wildman–Crippen LogP) is 8.38. The maximum Gasteiger partial charge on any atom is 0.337 e. The highest BCUT2D eigenvalue weighted by Crippen LogP contribution is 2.48. The Bertz CT molecular complexity index is 1480. The molecule has 0 amide bonds. The fraction of sp³-hybridized carbons (Fsp3) is 0.526. The van der Waals surface area contributed by atoms with Crippen LogP contribution in [-0.2, 0) is 16.0 Å². The lowest BCUT2D eigenvalue weighted by Gasteiger charge is -2.42. The van der Waals surface area contributed by atoms with Crippen molar-refractivity contribution < 1.29 is 23.8 Å². The van der Waals surface area contributed by atoms with Gasteiger partial charge in [0.1, 0.15) is 17.4 Å². The van der Waals surface area contributed by atoms with E-state index in [2.05, 4.69) is 35.8 Å². The quantitative estimate of drug-likeness (QED) is 0.241. The van der Waals surface area contributed by atoms with Gasteiger partial charge in [-0.25, -0.2) is 14.2 Å². The number of hydrogen-bond acceptors (Lipinski definition) is 6. The van der Waals surface area contributed by atoms with Gasteiger partial charge >= 0.3 is 5.97 Å². The average molecular weight is 632 g/mol. The lowest BCUT2D eigenvalue weighted by atomic mass is 9.82. The molecule has 0 spiro atoms. The van der Waals surface area contributed by atoms with Crippen LogP contribution in [0, 0.1) is 18.2 Å². The third-order valence-electron chi connectivity index (χ3n) is 9.14. The zero-order valence-corrected chi connectivity index (χ0v) is 28.4. The molecule has 1 N–H and O–H groups in total. The third kappa shape index (κ3) is 8.19. The summed E-state index contributed by atoms with van der Waals surface area (Å²) in [5, 5.41) is 10.6. The first-order valence-corrected chi connectivity index (χ1v) is 16.7. The Morgan fingerprint density at radius 1 is 0.957 bits per heavy atom. The van der Waals surface area contributed by atoms with Crippen molar-refractivity contribution in [2.45, 2.75) is 91.8 Å². The van der Waals surface area contributed by atoms with Gasteiger partial charge in [0.05, 0.1) is 17.9 Å². The fourth-order valence-electron chi connectivity index (χ4n) is 6.51. The van der Waals surface area contributed by atoms with Gasteiger partial charge in [-0.05, 0) is 101 Å². The summed E-state index contributed by atoms with van der Waals surface area (Å²) in [5.41, 5.74) is 4.75. The number of aryl methyl sites for hydroxylation is 1. The van der Waals surface area contributed by atoms with Crippen molar-refractivity contribution >= 4 is 17.5 Å². The number of anilines is 2. The van der Waals surface area contributed by atoms with E-state index in [1.807, 2.05) is 39.8 Å². The molecule has 1 aromatic heterocycles. The predicted molar refractivity (Wildman–Crippen MR) is 183 cm³/mol. The molecule has 0 aliphatic carbocycles. The van der Waals surface area contributed by atoms with Crippen molar-refractivity contribution in [1.82, 2.24) is 4.98 Å². The molecule has 2 aliphatic rings. The molecule has 8 heteroatoms. The number of carbonyl (C=O) groups is 1. The zero-order chi connectivity index (χ0) is 33.1. The Kier molecular flexibility index (Phi) is 10.3. The molecule has 0 radical (unpaired) electrons. The summed E-state index contributed by atoms with van der Waals surface area (Å²) in [4.78, 5) is 22.9. The van der Waals surface area contributed by atoms with Gasteiger partial charge < -0.3 is 24.4 Å². The Hall–Kier alpha value is -3.65. The standard InChI is InChI=1S/C38H50FN3O4/c1-26-31(34(36(43)44)46-37(2,3)4)33(41-23-19-38(5,6)20-24-41)32(35(40-26)42-21-8-7-9-22-42)28-12-16-30(17-13-28)45-25-18-27-10-14-29(39)15-11-27/h10-17,34H,7-9,18-25H2,1-6H3,(H,43,44). The molecule has 2 aromatic carbocycles. The molecule has 248 valence electrons. The van der Waals surface area contributed by atoms with Crippen LogP contribution in [0.15, 0.2) is 48.5 Å². The molecule has 5 rings (SSSR count). The highest BCUT2D eigenvalue weighted by molar-refractivity contribution is 5.93. The van der Waals surface area contributed by atoms with Crippen LogP contribution in [0.25, 0.3) is 11.1 Å².